The molecule has 15 nitrogen and oxygen atoms in total. The molecule has 2 heterocycles. The number of piperidine rings is 1. The second kappa shape index (κ2) is 25.4. The van der Waals surface area contributed by atoms with Crippen molar-refractivity contribution in [2.75, 3.05) is 53.4 Å². The maximum atomic E-state index is 14.8. The highest BCUT2D eigenvalue weighted by Crippen LogP contribution is 2.60. The minimum Gasteiger partial charge on any atom is -0.443 e. The summed E-state index contributed by atoms with van der Waals surface area (Å²) in [6.07, 6.45) is 3.67. The van der Waals surface area contributed by atoms with Gasteiger partial charge in [0.1, 0.15) is 16.7 Å². The molecule has 16 heteroatoms. The Balaban J connectivity index is 1.25. The number of anilines is 1. The molecule has 398 valence electrons. The molecule has 2 aliphatic rings. The van der Waals surface area contributed by atoms with Crippen molar-refractivity contribution in [2.24, 2.45) is 29.6 Å². The molecule has 5 rings (SSSR count). The Morgan fingerprint density at radius 3 is 2.08 bits per heavy atom. The lowest BCUT2D eigenvalue weighted by atomic mass is 9.89. The van der Waals surface area contributed by atoms with Crippen LogP contribution in [0.4, 0.5) is 10.5 Å². The first kappa shape index (κ1) is 58.0. The van der Waals surface area contributed by atoms with E-state index in [1.165, 1.54) is 16.2 Å². The molecule has 1 aromatic heterocycles. The lowest BCUT2D eigenvalue weighted by Crippen LogP contribution is -2.60. The molecule has 1 saturated heterocycles. The van der Waals surface area contributed by atoms with E-state index in [-0.39, 0.29) is 59.8 Å². The highest BCUT2D eigenvalue weighted by molar-refractivity contribution is 7.09. The van der Waals surface area contributed by atoms with Crippen molar-refractivity contribution >= 4 is 46.7 Å². The summed E-state index contributed by atoms with van der Waals surface area (Å²) < 4.78 is 17.9. The molecule has 0 spiro atoms. The number of fused-ring (bicyclic) bond motifs is 1. The number of nitrogens with zero attached hydrogens (tertiary/aromatic N) is 5. The Morgan fingerprint density at radius 2 is 1.54 bits per heavy atom. The van der Waals surface area contributed by atoms with Gasteiger partial charge in [0.15, 0.2) is 0 Å². The van der Waals surface area contributed by atoms with Gasteiger partial charge in [0.2, 0.25) is 23.6 Å². The van der Waals surface area contributed by atoms with Crippen molar-refractivity contribution in [3.05, 3.63) is 82.3 Å². The summed E-state index contributed by atoms with van der Waals surface area (Å²) in [6.45, 7) is 20.5. The molecule has 1 saturated carbocycles. The zero-order chi connectivity index (χ0) is 53.2. The summed E-state index contributed by atoms with van der Waals surface area (Å²) >= 11 is 1.51. The maximum Gasteiger partial charge on any atom is 0.414 e. The standard InChI is InChI=1S/C56H85N7O8S/c1-16-37(6)48(62(13)53(67)46(35(2)3)59-51(66)47(36(4)5)60(11)29-26-39-22-24-42(25-23-39)61(12)54(68)71-55(8,9)10)44(69-14)33-45(64)63-30-27-41-34-56(41,63)49(70-15)38(7)50(65)58-43(52-57-28-31-72-52)32-40-20-18-17-19-21-40/h17-25,28,31,35-38,41,43-44,46-49H,16,26-27,29-30,32-34H2,1-15H3,(H,58,65)(H,59,66)/t37-,38+,41?,43-,44+,46-,47-,48-,49+,56?/m0/s1. The lowest BCUT2D eigenvalue weighted by Gasteiger charge is -2.42. The molecule has 0 bridgehead atoms. The predicted octanol–water partition coefficient (Wildman–Crippen LogP) is 8.17. The Kier molecular flexibility index (Phi) is 20.4. The largest absolute Gasteiger partial charge is 0.443 e. The number of likely N-dealkylation sites (N-methyl/N-ethyl adjacent to an activating group) is 2. The van der Waals surface area contributed by atoms with Gasteiger partial charge in [0, 0.05) is 58.7 Å². The van der Waals surface area contributed by atoms with Gasteiger partial charge in [-0.2, -0.15) is 0 Å². The summed E-state index contributed by atoms with van der Waals surface area (Å²) in [5.41, 5.74) is 1.61. The third kappa shape index (κ3) is 14.0. The molecule has 5 amide bonds. The molecule has 2 fully saturated rings. The number of thiazole rings is 1. The van der Waals surface area contributed by atoms with E-state index in [4.69, 9.17) is 14.2 Å². The van der Waals surface area contributed by atoms with Crippen LogP contribution < -0.4 is 15.5 Å². The van der Waals surface area contributed by atoms with Crippen molar-refractivity contribution in [1.29, 1.82) is 0 Å². The zero-order valence-corrected chi connectivity index (χ0v) is 46.6. The number of carbonyl (C=O) groups excluding carboxylic acids is 5. The number of hydrogen-bond acceptors (Lipinski definition) is 11. The van der Waals surface area contributed by atoms with Crippen LogP contribution in [0.15, 0.2) is 66.2 Å². The second-order valence-electron chi connectivity index (χ2n) is 22.0. The van der Waals surface area contributed by atoms with Crippen molar-refractivity contribution in [3.8, 4) is 0 Å². The monoisotopic (exact) mass is 1020 g/mol. The Morgan fingerprint density at radius 1 is 0.875 bits per heavy atom. The Hall–Kier alpha value is -4.90. The Bertz CT molecular complexity index is 2240. The summed E-state index contributed by atoms with van der Waals surface area (Å²) in [6, 6.07) is 15.6. The number of amides is 5. The molecule has 10 atom stereocenters. The van der Waals surface area contributed by atoms with E-state index in [1.807, 2.05) is 132 Å². The van der Waals surface area contributed by atoms with Gasteiger partial charge in [0.05, 0.1) is 48.2 Å². The van der Waals surface area contributed by atoms with Crippen molar-refractivity contribution in [3.63, 3.8) is 0 Å². The van der Waals surface area contributed by atoms with Gasteiger partial charge in [-0.3, -0.25) is 29.0 Å². The Labute approximate surface area is 434 Å². The van der Waals surface area contributed by atoms with Crippen LogP contribution in [0.3, 0.4) is 0 Å². The van der Waals surface area contributed by atoms with Gasteiger partial charge in [-0.25, -0.2) is 9.78 Å². The number of hydrogen-bond donors (Lipinski definition) is 2. The maximum absolute atomic E-state index is 14.8. The van der Waals surface area contributed by atoms with Crippen molar-refractivity contribution in [1.82, 2.24) is 30.3 Å². The first-order valence-electron chi connectivity index (χ1n) is 25.9. The van der Waals surface area contributed by atoms with E-state index in [9.17, 15) is 24.0 Å². The summed E-state index contributed by atoms with van der Waals surface area (Å²) in [5, 5.41) is 9.18. The molecular formula is C56H85N7O8S. The number of rotatable bonds is 25. The lowest BCUT2D eigenvalue weighted by molar-refractivity contribution is -0.149. The number of benzene rings is 2. The van der Waals surface area contributed by atoms with Gasteiger partial charge in [0.25, 0.3) is 0 Å². The van der Waals surface area contributed by atoms with Crippen molar-refractivity contribution < 1.29 is 38.2 Å². The normalized spacial score (nSPS) is 19.9. The molecule has 2 aromatic carbocycles. The summed E-state index contributed by atoms with van der Waals surface area (Å²) in [7, 11) is 8.58. The van der Waals surface area contributed by atoms with Crippen LogP contribution in [-0.4, -0.2) is 139 Å². The number of ether oxygens (including phenoxy) is 3. The van der Waals surface area contributed by atoms with Gasteiger partial charge >= 0.3 is 6.09 Å². The number of likely N-dealkylation sites (tertiary alicyclic amines) is 1. The van der Waals surface area contributed by atoms with Crippen LogP contribution >= 0.6 is 11.3 Å². The second-order valence-corrected chi connectivity index (χ2v) is 22.9. The highest BCUT2D eigenvalue weighted by atomic mass is 32.1. The fraction of sp³-hybridized carbons (Fsp3) is 0.643. The van der Waals surface area contributed by atoms with Crippen LogP contribution in [0.1, 0.15) is 117 Å². The van der Waals surface area contributed by atoms with Gasteiger partial charge in [-0.05, 0) is 100 Å². The van der Waals surface area contributed by atoms with E-state index in [2.05, 4.69) is 29.5 Å². The van der Waals surface area contributed by atoms with E-state index >= 15 is 0 Å². The number of methoxy groups -OCH3 is 2. The third-order valence-corrected chi connectivity index (χ3v) is 15.9. The fourth-order valence-corrected chi connectivity index (χ4v) is 11.6. The summed E-state index contributed by atoms with van der Waals surface area (Å²) in [4.78, 5) is 82.4. The summed E-state index contributed by atoms with van der Waals surface area (Å²) in [5.74, 6) is -1.47. The molecule has 72 heavy (non-hydrogen) atoms. The average molecular weight is 1020 g/mol. The smallest absolute Gasteiger partial charge is 0.414 e. The first-order valence-corrected chi connectivity index (χ1v) is 26.8. The zero-order valence-electron chi connectivity index (χ0n) is 45.8. The topological polar surface area (TPSA) is 163 Å². The van der Waals surface area contributed by atoms with E-state index < -0.39 is 53.5 Å². The number of carbonyl (C=O) groups is 5. The number of aromatic nitrogens is 1. The van der Waals surface area contributed by atoms with E-state index in [0.29, 0.717) is 31.6 Å². The minimum atomic E-state index is -0.835. The molecular weight excluding hydrogens is 931 g/mol. The van der Waals surface area contributed by atoms with Gasteiger partial charge in [-0.1, -0.05) is 97.4 Å². The molecule has 1 aliphatic carbocycles. The van der Waals surface area contributed by atoms with Crippen molar-refractivity contribution in [2.45, 2.75) is 155 Å². The molecule has 2 unspecified atom stereocenters. The highest BCUT2D eigenvalue weighted by Gasteiger charge is 2.69. The van der Waals surface area contributed by atoms with Crippen LogP contribution in [0.5, 0.6) is 0 Å². The third-order valence-electron chi connectivity index (χ3n) is 15.0. The van der Waals surface area contributed by atoms with Crippen LogP contribution in [0.25, 0.3) is 0 Å². The number of nitrogens with one attached hydrogen (secondary N) is 2. The quantitative estimate of drug-likeness (QED) is 0.0847. The van der Waals surface area contributed by atoms with E-state index in [1.54, 1.807) is 39.4 Å². The van der Waals surface area contributed by atoms with Gasteiger partial charge in [-0.15, -0.1) is 11.3 Å². The fourth-order valence-electron chi connectivity index (χ4n) is 10.9. The van der Waals surface area contributed by atoms with Crippen LogP contribution in [0, 0.1) is 29.6 Å². The predicted molar refractivity (Wildman–Crippen MR) is 285 cm³/mol. The average Bonchev–Trinajstić information content (AvgIpc) is 3.60. The molecule has 2 N–H and O–H groups in total. The molecule has 3 aromatic rings. The van der Waals surface area contributed by atoms with Crippen LogP contribution in [-0.2, 0) is 46.2 Å². The minimum absolute atomic E-state index is 0.0277. The van der Waals surface area contributed by atoms with Gasteiger partial charge < -0.3 is 34.6 Å². The SMILES string of the molecule is CC[C@H](C)[C@@H]([C@@H](CC(=O)N1CCC2CC21[C@H](OC)[C@@H](C)C(=O)N[C@@H](Cc1ccccc1)c1nccs1)OC)N(C)C(=O)[C@@H](NC(=O)[C@H](C(C)C)N(C)CCc1ccc(N(C)C(=O)OC(C)(C)C)cc1)C(C)C. The van der Waals surface area contributed by atoms with Crippen LogP contribution in [0.2, 0.25) is 0 Å². The van der Waals surface area contributed by atoms with E-state index in [0.717, 1.165) is 35.4 Å². The molecule has 1 aliphatic heterocycles. The molecule has 0 radical (unpaired) electrons. The first-order chi connectivity index (χ1) is 34.0.